The van der Waals surface area contributed by atoms with E-state index in [2.05, 4.69) is 10.3 Å². The number of nitrogens with one attached hydrogen (secondary N) is 1. The summed E-state index contributed by atoms with van der Waals surface area (Å²) in [4.78, 5) is 17.1. The maximum atomic E-state index is 12.0. The van der Waals surface area contributed by atoms with Crippen LogP contribution in [-0.2, 0) is 11.4 Å². The number of halogens is 1. The summed E-state index contributed by atoms with van der Waals surface area (Å²) in [6, 6.07) is 15.4. The molecule has 0 unspecified atom stereocenters. The molecule has 0 radical (unpaired) electrons. The maximum absolute atomic E-state index is 12.0. The first kappa shape index (κ1) is 16.9. The zero-order valence-corrected chi connectivity index (χ0v) is 15.3. The number of aromatic nitrogens is 1. The van der Waals surface area contributed by atoms with E-state index in [0.717, 1.165) is 21.8 Å². The molecular formula is C19H16ClN3O2S. The van der Waals surface area contributed by atoms with E-state index in [1.165, 1.54) is 11.3 Å². The molecule has 0 aliphatic carbocycles. The molecule has 26 heavy (non-hydrogen) atoms. The fraction of sp³-hybridized carbons (Fsp3) is 0.158. The molecule has 1 atom stereocenters. The summed E-state index contributed by atoms with van der Waals surface area (Å²) in [7, 11) is 0. The number of anilines is 2. The van der Waals surface area contributed by atoms with Crippen LogP contribution in [0, 0.1) is 0 Å². The van der Waals surface area contributed by atoms with Gasteiger partial charge in [-0.3, -0.25) is 4.79 Å². The largest absolute Gasteiger partial charge is 0.489 e. The van der Waals surface area contributed by atoms with E-state index in [9.17, 15) is 4.79 Å². The van der Waals surface area contributed by atoms with Crippen molar-refractivity contribution in [2.45, 2.75) is 18.9 Å². The van der Waals surface area contributed by atoms with Gasteiger partial charge in [0.15, 0.2) is 5.13 Å². The third kappa shape index (κ3) is 3.38. The Morgan fingerprint density at radius 1 is 1.23 bits per heavy atom. The number of hydrogen-bond donors (Lipinski definition) is 2. The molecule has 0 fully saturated rings. The van der Waals surface area contributed by atoms with Crippen molar-refractivity contribution < 1.29 is 9.53 Å². The van der Waals surface area contributed by atoms with Gasteiger partial charge in [0.2, 0.25) is 5.91 Å². The molecule has 0 saturated heterocycles. The molecule has 3 aromatic rings. The highest BCUT2D eigenvalue weighted by Crippen LogP contribution is 2.41. The van der Waals surface area contributed by atoms with Crippen LogP contribution in [0.2, 0.25) is 5.02 Å². The van der Waals surface area contributed by atoms with E-state index < -0.39 is 0 Å². The smallest absolute Gasteiger partial charge is 0.226 e. The summed E-state index contributed by atoms with van der Waals surface area (Å²) in [5.74, 6) is 1.24. The topological polar surface area (TPSA) is 77.2 Å². The summed E-state index contributed by atoms with van der Waals surface area (Å²) in [5, 5.41) is 3.93. The molecule has 1 aromatic heterocycles. The zero-order valence-electron chi connectivity index (χ0n) is 13.7. The lowest BCUT2D eigenvalue weighted by atomic mass is 9.91. The molecule has 5 nitrogen and oxygen atoms in total. The number of amides is 1. The number of fused-ring (bicyclic) bond motifs is 1. The van der Waals surface area contributed by atoms with E-state index in [1.807, 2.05) is 48.5 Å². The number of ether oxygens (including phenoxy) is 1. The van der Waals surface area contributed by atoms with Crippen LogP contribution in [0.4, 0.5) is 10.9 Å². The van der Waals surface area contributed by atoms with Crippen molar-refractivity contribution in [1.29, 1.82) is 0 Å². The van der Waals surface area contributed by atoms with Gasteiger partial charge in [0.05, 0.1) is 4.88 Å². The summed E-state index contributed by atoms with van der Waals surface area (Å²) in [6.07, 6.45) is 0.383. The normalized spacial score (nSPS) is 16.0. The number of benzene rings is 2. The summed E-state index contributed by atoms with van der Waals surface area (Å²) >= 11 is 7.56. The molecule has 0 bridgehead atoms. The molecule has 0 saturated carbocycles. The minimum absolute atomic E-state index is 0.0360. The number of rotatable bonds is 4. The van der Waals surface area contributed by atoms with Crippen molar-refractivity contribution in [3.8, 4) is 5.75 Å². The van der Waals surface area contributed by atoms with Crippen LogP contribution in [0.3, 0.4) is 0 Å². The van der Waals surface area contributed by atoms with Gasteiger partial charge in [-0.15, -0.1) is 0 Å². The maximum Gasteiger partial charge on any atom is 0.226 e. The Balaban J connectivity index is 1.51. The van der Waals surface area contributed by atoms with Crippen LogP contribution >= 0.6 is 22.9 Å². The number of carbonyl (C=O) groups is 1. The van der Waals surface area contributed by atoms with E-state index in [-0.39, 0.29) is 11.8 Å². The summed E-state index contributed by atoms with van der Waals surface area (Å²) < 4.78 is 5.82. The molecule has 1 amide bonds. The average molecular weight is 386 g/mol. The van der Waals surface area contributed by atoms with Crippen LogP contribution < -0.4 is 15.8 Å². The van der Waals surface area contributed by atoms with Crippen molar-refractivity contribution >= 4 is 39.8 Å². The quantitative estimate of drug-likeness (QED) is 0.696. The molecule has 3 N–H and O–H groups in total. The third-order valence-corrected chi connectivity index (χ3v) is 5.64. The van der Waals surface area contributed by atoms with Crippen molar-refractivity contribution in [3.05, 3.63) is 69.6 Å². The van der Waals surface area contributed by atoms with Gasteiger partial charge < -0.3 is 15.8 Å². The Bertz CT molecular complexity index is 956. The molecule has 1 aliphatic rings. The Morgan fingerprint density at radius 2 is 2.00 bits per heavy atom. The predicted molar refractivity (Wildman–Crippen MR) is 104 cm³/mol. The second-order valence-electron chi connectivity index (χ2n) is 6.02. The Hall–Kier alpha value is -2.57. The van der Waals surface area contributed by atoms with Gasteiger partial charge >= 0.3 is 0 Å². The third-order valence-electron chi connectivity index (χ3n) is 4.27. The minimum atomic E-state index is -0.0492. The highest BCUT2D eigenvalue weighted by Gasteiger charge is 2.29. The first-order chi connectivity index (χ1) is 12.6. The Labute approximate surface area is 159 Å². The van der Waals surface area contributed by atoms with E-state index in [0.29, 0.717) is 29.0 Å². The van der Waals surface area contributed by atoms with Gasteiger partial charge in [-0.25, -0.2) is 4.98 Å². The first-order valence-electron chi connectivity index (χ1n) is 8.12. The van der Waals surface area contributed by atoms with E-state index in [4.69, 9.17) is 22.1 Å². The van der Waals surface area contributed by atoms with Crippen molar-refractivity contribution in [1.82, 2.24) is 4.98 Å². The fourth-order valence-corrected chi connectivity index (χ4v) is 4.09. The average Bonchev–Trinajstić information content (AvgIpc) is 3.01. The SMILES string of the molecule is Nc1nc2c(s1)[C@H](c1ccc(OCc3ccccc3Cl)cc1)CC(=O)N2. The lowest BCUT2D eigenvalue weighted by Crippen LogP contribution is -2.22. The van der Waals surface area contributed by atoms with E-state index >= 15 is 0 Å². The summed E-state index contributed by atoms with van der Waals surface area (Å²) in [6.45, 7) is 0.403. The predicted octanol–water partition coefficient (Wildman–Crippen LogP) is 4.43. The number of nitrogens with zero attached hydrogens (tertiary/aromatic N) is 1. The standard InChI is InChI=1S/C19H16ClN3O2S/c20-15-4-2-1-3-12(15)10-25-13-7-5-11(6-8-13)14-9-16(24)22-18-17(14)26-19(21)23-18/h1-8,14H,9-10H2,(H2,21,23)(H,22,24)/t14-/m0/s1. The lowest BCUT2D eigenvalue weighted by molar-refractivity contribution is -0.116. The van der Waals surface area contributed by atoms with Crippen molar-refractivity contribution in [3.63, 3.8) is 0 Å². The number of nitrogens with two attached hydrogens (primary N) is 1. The highest BCUT2D eigenvalue weighted by molar-refractivity contribution is 7.16. The summed E-state index contributed by atoms with van der Waals surface area (Å²) in [5.41, 5.74) is 7.77. The van der Waals surface area contributed by atoms with Crippen molar-refractivity contribution in [2.75, 3.05) is 11.1 Å². The van der Waals surface area contributed by atoms with Crippen LogP contribution in [0.15, 0.2) is 48.5 Å². The molecule has 7 heteroatoms. The molecule has 2 heterocycles. The molecular weight excluding hydrogens is 370 g/mol. The number of nitrogen functional groups attached to an aromatic ring is 1. The highest BCUT2D eigenvalue weighted by atomic mass is 35.5. The monoisotopic (exact) mass is 385 g/mol. The molecule has 1 aliphatic heterocycles. The van der Waals surface area contributed by atoms with Crippen LogP contribution in [0.25, 0.3) is 0 Å². The Kier molecular flexibility index (Phi) is 4.53. The van der Waals surface area contributed by atoms with Crippen LogP contribution in [0.1, 0.15) is 28.3 Å². The lowest BCUT2D eigenvalue weighted by Gasteiger charge is -2.21. The number of carbonyl (C=O) groups excluding carboxylic acids is 1. The van der Waals surface area contributed by atoms with Crippen molar-refractivity contribution in [2.24, 2.45) is 0 Å². The van der Waals surface area contributed by atoms with Gasteiger partial charge in [0, 0.05) is 22.9 Å². The Morgan fingerprint density at radius 3 is 2.77 bits per heavy atom. The van der Waals surface area contributed by atoms with Gasteiger partial charge in [-0.2, -0.15) is 0 Å². The van der Waals surface area contributed by atoms with E-state index in [1.54, 1.807) is 0 Å². The van der Waals surface area contributed by atoms with Crippen LogP contribution in [0.5, 0.6) is 5.75 Å². The van der Waals surface area contributed by atoms with Gasteiger partial charge in [0.1, 0.15) is 18.2 Å². The van der Waals surface area contributed by atoms with Gasteiger partial charge in [-0.1, -0.05) is 53.3 Å². The molecule has 2 aromatic carbocycles. The molecule has 0 spiro atoms. The van der Waals surface area contributed by atoms with Gasteiger partial charge in [-0.05, 0) is 23.8 Å². The number of hydrogen-bond acceptors (Lipinski definition) is 5. The second kappa shape index (κ2) is 6.97. The van der Waals surface area contributed by atoms with Gasteiger partial charge in [0.25, 0.3) is 0 Å². The van der Waals surface area contributed by atoms with Crippen LogP contribution in [-0.4, -0.2) is 10.9 Å². The fourth-order valence-electron chi connectivity index (χ4n) is 2.98. The minimum Gasteiger partial charge on any atom is -0.489 e. The molecule has 132 valence electrons. The first-order valence-corrected chi connectivity index (χ1v) is 9.32. The second-order valence-corrected chi connectivity index (χ2v) is 7.49. The zero-order chi connectivity index (χ0) is 18.1. The number of thiazole rings is 1. The molecule has 4 rings (SSSR count).